The van der Waals surface area contributed by atoms with Gasteiger partial charge < -0.3 is 5.11 Å². The van der Waals surface area contributed by atoms with E-state index in [2.05, 4.69) is 28.1 Å². The Hall–Kier alpha value is -1.69. The number of carbonyl (C=O) groups excluding carboxylic acids is 1. The Labute approximate surface area is 167 Å². The molecule has 0 radical (unpaired) electrons. The van der Waals surface area contributed by atoms with Gasteiger partial charge in [0.15, 0.2) is 0 Å². The summed E-state index contributed by atoms with van der Waals surface area (Å²) < 4.78 is 3.01. The first-order valence-electron chi connectivity index (χ1n) is 7.53. The molecule has 0 aliphatic rings. The molecule has 0 fully saturated rings. The summed E-state index contributed by atoms with van der Waals surface area (Å²) in [6.45, 7) is -0.424. The van der Waals surface area contributed by atoms with Crippen molar-refractivity contribution in [2.75, 3.05) is 13.2 Å². The van der Waals surface area contributed by atoms with Crippen molar-refractivity contribution in [3.63, 3.8) is 0 Å². The first kappa shape index (κ1) is 20.6. The van der Waals surface area contributed by atoms with E-state index in [9.17, 15) is 14.4 Å². The quantitative estimate of drug-likeness (QED) is 0.348. The molecule has 0 bridgehead atoms. The molecule has 0 atom stereocenters. The number of halogens is 2. The number of amides is 1. The summed E-state index contributed by atoms with van der Waals surface area (Å²) >= 11 is 8.37. The highest BCUT2D eigenvalue weighted by Gasteiger charge is 2.23. The second kappa shape index (κ2) is 8.80. The third-order valence-electron chi connectivity index (χ3n) is 3.74. The van der Waals surface area contributed by atoms with E-state index in [0.717, 1.165) is 8.14 Å². The molecule has 1 heterocycles. The van der Waals surface area contributed by atoms with Crippen molar-refractivity contribution in [3.8, 4) is 0 Å². The first-order valence-corrected chi connectivity index (χ1v) is 8.99. The molecule has 1 amide bonds. The smallest absolute Gasteiger partial charge is 0.330 e. The summed E-state index contributed by atoms with van der Waals surface area (Å²) in [7, 11) is 2.76. The molecule has 0 aliphatic heterocycles. The number of nitrogens with zero attached hydrogens (tertiary/aromatic N) is 2. The van der Waals surface area contributed by atoms with E-state index in [1.165, 1.54) is 18.7 Å². The average Bonchev–Trinajstić information content (AvgIpc) is 2.60. The van der Waals surface area contributed by atoms with Gasteiger partial charge in [-0.2, -0.15) is 0 Å². The predicted octanol–water partition coefficient (Wildman–Crippen LogP) is 0.586. The molecule has 0 saturated carbocycles. The molecule has 8 nitrogen and oxygen atoms in total. The fourth-order valence-corrected chi connectivity index (χ4v) is 3.30. The van der Waals surface area contributed by atoms with Gasteiger partial charge in [-0.15, -0.1) is 0 Å². The maximum atomic E-state index is 12.5. The van der Waals surface area contributed by atoms with E-state index in [1.54, 1.807) is 12.1 Å². The number of hydroxylamine groups is 1. The Morgan fingerprint density at radius 3 is 2.62 bits per heavy atom. The lowest BCUT2D eigenvalue weighted by molar-refractivity contribution is 0.0165. The molecule has 0 saturated heterocycles. The predicted molar refractivity (Wildman–Crippen MR) is 104 cm³/mol. The van der Waals surface area contributed by atoms with Crippen LogP contribution in [-0.4, -0.2) is 33.4 Å². The van der Waals surface area contributed by atoms with Crippen LogP contribution in [0, 0.1) is 3.57 Å². The van der Waals surface area contributed by atoms with Crippen LogP contribution in [0.5, 0.6) is 0 Å². The van der Waals surface area contributed by atoms with E-state index in [4.69, 9.17) is 21.5 Å². The molecule has 0 aliphatic carbocycles. The Morgan fingerprint density at radius 1 is 1.31 bits per heavy atom. The SMILES string of the molecule is Cn1c(Cc2ccc(I)cc2Cl)c(C(=O)NOCCO)c(=O)n(C)c1=O. The molecular weight excluding hydrogens is 477 g/mol. The van der Waals surface area contributed by atoms with E-state index in [-0.39, 0.29) is 30.9 Å². The highest BCUT2D eigenvalue weighted by molar-refractivity contribution is 14.1. The Kier molecular flexibility index (Phi) is 6.98. The maximum absolute atomic E-state index is 12.5. The van der Waals surface area contributed by atoms with Gasteiger partial charge in [0.25, 0.3) is 11.5 Å². The van der Waals surface area contributed by atoms with Gasteiger partial charge in [-0.1, -0.05) is 17.7 Å². The van der Waals surface area contributed by atoms with Gasteiger partial charge in [0.1, 0.15) is 5.56 Å². The van der Waals surface area contributed by atoms with Crippen LogP contribution in [0.15, 0.2) is 27.8 Å². The van der Waals surface area contributed by atoms with Crippen molar-refractivity contribution in [3.05, 3.63) is 64.5 Å². The molecule has 1 aromatic heterocycles. The standard InChI is InChI=1S/C16H17ClIN3O5/c1-20-12(7-9-3-4-10(18)8-11(9)17)13(14(23)19-26-6-5-22)15(24)21(2)16(20)25/h3-4,8,22H,5-7H2,1-2H3,(H,19,23). The van der Waals surface area contributed by atoms with Gasteiger partial charge in [-0.05, 0) is 40.3 Å². The van der Waals surface area contributed by atoms with Crippen molar-refractivity contribution in [2.45, 2.75) is 6.42 Å². The van der Waals surface area contributed by atoms with Gasteiger partial charge in [0, 0.05) is 34.8 Å². The summed E-state index contributed by atoms with van der Waals surface area (Å²) in [6, 6.07) is 5.36. The van der Waals surface area contributed by atoms with Crippen LogP contribution in [0.25, 0.3) is 0 Å². The number of aliphatic hydroxyl groups is 1. The number of hydrogen-bond acceptors (Lipinski definition) is 5. The lowest BCUT2D eigenvalue weighted by Crippen LogP contribution is -2.44. The summed E-state index contributed by atoms with van der Waals surface area (Å²) in [5.74, 6) is -0.800. The minimum absolute atomic E-state index is 0.111. The summed E-state index contributed by atoms with van der Waals surface area (Å²) in [6.07, 6.45) is 0.111. The minimum Gasteiger partial charge on any atom is -0.394 e. The minimum atomic E-state index is -0.800. The number of carbonyl (C=O) groups is 1. The Morgan fingerprint density at radius 2 is 2.00 bits per heavy atom. The summed E-state index contributed by atoms with van der Waals surface area (Å²) in [5, 5.41) is 9.19. The Bertz CT molecular complexity index is 954. The third-order valence-corrected chi connectivity index (χ3v) is 4.77. The summed E-state index contributed by atoms with van der Waals surface area (Å²) in [5.41, 5.74) is 1.47. The van der Waals surface area contributed by atoms with Crippen molar-refractivity contribution in [1.29, 1.82) is 0 Å². The van der Waals surface area contributed by atoms with Crippen LogP contribution in [0.1, 0.15) is 21.6 Å². The number of aromatic nitrogens is 2. The van der Waals surface area contributed by atoms with Gasteiger partial charge in [-0.3, -0.25) is 23.6 Å². The Balaban J connectivity index is 2.57. The highest BCUT2D eigenvalue weighted by atomic mass is 127. The fourth-order valence-electron chi connectivity index (χ4n) is 2.38. The maximum Gasteiger partial charge on any atom is 0.330 e. The van der Waals surface area contributed by atoms with Crippen LogP contribution in [0.3, 0.4) is 0 Å². The largest absolute Gasteiger partial charge is 0.394 e. The molecule has 140 valence electrons. The molecule has 2 N–H and O–H groups in total. The van der Waals surface area contributed by atoms with Crippen LogP contribution in [0.4, 0.5) is 0 Å². The second-order valence-electron chi connectivity index (χ2n) is 5.44. The number of nitrogens with one attached hydrogen (secondary N) is 1. The van der Waals surface area contributed by atoms with Crippen LogP contribution in [0.2, 0.25) is 5.02 Å². The van der Waals surface area contributed by atoms with Crippen LogP contribution < -0.4 is 16.7 Å². The topological polar surface area (TPSA) is 103 Å². The van der Waals surface area contributed by atoms with Gasteiger partial charge >= 0.3 is 5.69 Å². The van der Waals surface area contributed by atoms with E-state index in [1.807, 2.05) is 6.07 Å². The van der Waals surface area contributed by atoms with Gasteiger partial charge in [-0.25, -0.2) is 10.3 Å². The van der Waals surface area contributed by atoms with Crippen molar-refractivity contribution in [1.82, 2.24) is 14.6 Å². The lowest BCUT2D eigenvalue weighted by Gasteiger charge is -2.15. The lowest BCUT2D eigenvalue weighted by atomic mass is 10.0. The van der Waals surface area contributed by atoms with Crippen LogP contribution >= 0.6 is 34.2 Å². The zero-order chi connectivity index (χ0) is 19.4. The normalized spacial score (nSPS) is 10.8. The third kappa shape index (κ3) is 4.34. The number of aliphatic hydroxyl groups excluding tert-OH is 1. The fraction of sp³-hybridized carbons (Fsp3) is 0.312. The van der Waals surface area contributed by atoms with Gasteiger partial charge in [0.05, 0.1) is 13.2 Å². The highest BCUT2D eigenvalue weighted by Crippen LogP contribution is 2.22. The van der Waals surface area contributed by atoms with E-state index < -0.39 is 17.2 Å². The van der Waals surface area contributed by atoms with E-state index >= 15 is 0 Å². The van der Waals surface area contributed by atoms with Crippen molar-refractivity contribution in [2.24, 2.45) is 14.1 Å². The molecule has 10 heteroatoms. The zero-order valence-corrected chi connectivity index (χ0v) is 17.0. The number of benzene rings is 1. The van der Waals surface area contributed by atoms with Crippen molar-refractivity contribution >= 4 is 40.1 Å². The molecule has 2 aromatic rings. The van der Waals surface area contributed by atoms with Crippen molar-refractivity contribution < 1.29 is 14.7 Å². The second-order valence-corrected chi connectivity index (χ2v) is 7.10. The number of hydrogen-bond donors (Lipinski definition) is 2. The molecule has 2 rings (SSSR count). The molecule has 1 aromatic carbocycles. The van der Waals surface area contributed by atoms with Gasteiger partial charge in [0.2, 0.25) is 0 Å². The monoisotopic (exact) mass is 493 g/mol. The molecule has 0 spiro atoms. The molecule has 0 unspecified atom stereocenters. The zero-order valence-electron chi connectivity index (χ0n) is 14.1. The average molecular weight is 494 g/mol. The number of rotatable bonds is 6. The van der Waals surface area contributed by atoms with Crippen LogP contribution in [-0.2, 0) is 25.4 Å². The molecular formula is C16H17ClIN3O5. The summed E-state index contributed by atoms with van der Waals surface area (Å²) in [4.78, 5) is 42.0. The first-order chi connectivity index (χ1) is 12.3. The van der Waals surface area contributed by atoms with E-state index in [0.29, 0.717) is 10.6 Å². The molecule has 26 heavy (non-hydrogen) atoms.